The Hall–Kier alpha value is -1.79. The van der Waals surface area contributed by atoms with Crippen molar-refractivity contribution in [2.24, 2.45) is 5.73 Å². The number of carboxylic acids is 1. The van der Waals surface area contributed by atoms with E-state index in [-0.39, 0.29) is 12.5 Å². The molecule has 0 bridgehead atoms. The zero-order valence-corrected chi connectivity index (χ0v) is 11.3. The summed E-state index contributed by atoms with van der Waals surface area (Å²) in [7, 11) is 0. The van der Waals surface area contributed by atoms with Crippen LogP contribution < -0.4 is 11.1 Å². The van der Waals surface area contributed by atoms with Gasteiger partial charge in [0.05, 0.1) is 6.42 Å². The van der Waals surface area contributed by atoms with E-state index in [1.165, 1.54) is 18.7 Å². The Balaban J connectivity index is 2.72. The van der Waals surface area contributed by atoms with Gasteiger partial charge >= 0.3 is 12.0 Å². The van der Waals surface area contributed by atoms with Crippen molar-refractivity contribution in [3.8, 4) is 0 Å². The van der Waals surface area contributed by atoms with Gasteiger partial charge < -0.3 is 21.1 Å². The summed E-state index contributed by atoms with van der Waals surface area (Å²) in [4.78, 5) is 35.6. The van der Waals surface area contributed by atoms with Crippen LogP contribution in [0.3, 0.4) is 0 Å². The number of nitrogens with zero attached hydrogens (tertiary/aromatic N) is 1. The molecule has 3 amide bonds. The van der Waals surface area contributed by atoms with Crippen LogP contribution in [0, 0.1) is 0 Å². The quantitative estimate of drug-likeness (QED) is 0.682. The Kier molecular flexibility index (Phi) is 4.74. The zero-order valence-electron chi connectivity index (χ0n) is 11.3. The maximum atomic E-state index is 12.1. The maximum Gasteiger partial charge on any atom is 0.318 e. The van der Waals surface area contributed by atoms with E-state index in [9.17, 15) is 14.4 Å². The summed E-state index contributed by atoms with van der Waals surface area (Å²) < 4.78 is 0. The van der Waals surface area contributed by atoms with Crippen molar-refractivity contribution in [1.82, 2.24) is 10.2 Å². The summed E-state index contributed by atoms with van der Waals surface area (Å²) in [6, 6.07) is -0.760. The van der Waals surface area contributed by atoms with E-state index in [2.05, 4.69) is 5.32 Å². The van der Waals surface area contributed by atoms with Crippen LogP contribution in [0.5, 0.6) is 0 Å². The van der Waals surface area contributed by atoms with Crippen LogP contribution in [0.15, 0.2) is 0 Å². The third-order valence-electron chi connectivity index (χ3n) is 3.33. The SMILES string of the molecule is CC(C)(NC(=O)N1CCCCC1CC(=O)O)C(N)=O. The summed E-state index contributed by atoms with van der Waals surface area (Å²) >= 11 is 0. The van der Waals surface area contributed by atoms with Gasteiger partial charge in [0, 0.05) is 12.6 Å². The van der Waals surface area contributed by atoms with Gasteiger partial charge in [-0.2, -0.15) is 0 Å². The molecule has 108 valence electrons. The average Bonchev–Trinajstić information content (AvgIpc) is 2.27. The van der Waals surface area contributed by atoms with Gasteiger partial charge in [0.15, 0.2) is 0 Å². The van der Waals surface area contributed by atoms with Crippen molar-refractivity contribution in [1.29, 1.82) is 0 Å². The highest BCUT2D eigenvalue weighted by atomic mass is 16.4. The molecule has 1 heterocycles. The lowest BCUT2D eigenvalue weighted by atomic mass is 9.99. The summed E-state index contributed by atoms with van der Waals surface area (Å²) in [5.74, 6) is -1.56. The van der Waals surface area contributed by atoms with Gasteiger partial charge in [-0.05, 0) is 33.1 Å². The molecular formula is C12H21N3O4. The molecule has 0 radical (unpaired) electrons. The number of carbonyl (C=O) groups is 3. The van der Waals surface area contributed by atoms with Crippen molar-refractivity contribution < 1.29 is 19.5 Å². The highest BCUT2D eigenvalue weighted by Gasteiger charge is 2.33. The number of carbonyl (C=O) groups excluding carboxylic acids is 2. The molecule has 7 heteroatoms. The molecule has 1 unspecified atom stereocenters. The number of rotatable bonds is 4. The number of nitrogens with one attached hydrogen (secondary N) is 1. The largest absolute Gasteiger partial charge is 0.481 e. The molecule has 1 saturated heterocycles. The molecule has 1 aliphatic rings. The summed E-state index contributed by atoms with van der Waals surface area (Å²) in [6.07, 6.45) is 2.32. The van der Waals surface area contributed by atoms with Crippen molar-refractivity contribution in [2.75, 3.05) is 6.54 Å². The Bertz CT molecular complexity index is 381. The minimum atomic E-state index is -1.15. The fraction of sp³-hybridized carbons (Fsp3) is 0.750. The minimum Gasteiger partial charge on any atom is -0.481 e. The number of aliphatic carboxylic acids is 1. The number of piperidine rings is 1. The molecular weight excluding hydrogens is 250 g/mol. The Morgan fingerprint density at radius 3 is 2.53 bits per heavy atom. The molecule has 19 heavy (non-hydrogen) atoms. The molecule has 0 aliphatic carbocycles. The highest BCUT2D eigenvalue weighted by Crippen LogP contribution is 2.20. The van der Waals surface area contributed by atoms with Gasteiger partial charge in [-0.3, -0.25) is 9.59 Å². The van der Waals surface area contributed by atoms with Crippen LogP contribution in [0.2, 0.25) is 0 Å². The third kappa shape index (κ3) is 4.11. The van der Waals surface area contributed by atoms with E-state index in [4.69, 9.17) is 10.8 Å². The van der Waals surface area contributed by atoms with E-state index >= 15 is 0 Å². The van der Waals surface area contributed by atoms with Crippen LogP contribution in [-0.2, 0) is 9.59 Å². The molecule has 1 rings (SSSR count). The molecule has 0 aromatic carbocycles. The maximum absolute atomic E-state index is 12.1. The van der Waals surface area contributed by atoms with Gasteiger partial charge in [0.25, 0.3) is 0 Å². The second-order valence-electron chi connectivity index (χ2n) is 5.36. The first kappa shape index (κ1) is 15.3. The van der Waals surface area contributed by atoms with E-state index < -0.39 is 23.4 Å². The molecule has 4 N–H and O–H groups in total. The number of nitrogens with two attached hydrogens (primary N) is 1. The van der Waals surface area contributed by atoms with Crippen LogP contribution in [-0.4, -0.2) is 46.0 Å². The smallest absolute Gasteiger partial charge is 0.318 e. The Morgan fingerprint density at radius 2 is 2.00 bits per heavy atom. The van der Waals surface area contributed by atoms with Crippen molar-refractivity contribution >= 4 is 17.9 Å². The van der Waals surface area contributed by atoms with Gasteiger partial charge in [-0.15, -0.1) is 0 Å². The number of likely N-dealkylation sites (tertiary alicyclic amines) is 1. The lowest BCUT2D eigenvalue weighted by Crippen LogP contribution is -2.59. The summed E-state index contributed by atoms with van der Waals surface area (Å²) in [6.45, 7) is 3.53. The van der Waals surface area contributed by atoms with Crippen LogP contribution in [0.25, 0.3) is 0 Å². The predicted octanol–water partition coefficient (Wildman–Crippen LogP) is 0.289. The lowest BCUT2D eigenvalue weighted by molar-refractivity contribution is -0.138. The number of carboxylic acid groups (broad SMARTS) is 1. The topological polar surface area (TPSA) is 113 Å². The first-order valence-corrected chi connectivity index (χ1v) is 6.34. The number of primary amides is 1. The first-order chi connectivity index (χ1) is 8.74. The molecule has 0 spiro atoms. The minimum absolute atomic E-state index is 0.0789. The van der Waals surface area contributed by atoms with Crippen molar-refractivity contribution in [3.63, 3.8) is 0 Å². The summed E-state index contributed by atoms with van der Waals surface area (Å²) in [5.41, 5.74) is 4.05. The van der Waals surface area contributed by atoms with E-state index in [1.807, 2.05) is 0 Å². The average molecular weight is 271 g/mol. The molecule has 0 aromatic heterocycles. The van der Waals surface area contributed by atoms with Gasteiger partial charge in [0.2, 0.25) is 5.91 Å². The van der Waals surface area contributed by atoms with E-state index in [1.54, 1.807) is 0 Å². The monoisotopic (exact) mass is 271 g/mol. The second kappa shape index (κ2) is 5.90. The zero-order chi connectivity index (χ0) is 14.6. The summed E-state index contributed by atoms with van der Waals surface area (Å²) in [5, 5.41) is 11.4. The number of hydrogen-bond acceptors (Lipinski definition) is 3. The fourth-order valence-corrected chi connectivity index (χ4v) is 2.08. The predicted molar refractivity (Wildman–Crippen MR) is 68.4 cm³/mol. The first-order valence-electron chi connectivity index (χ1n) is 6.34. The second-order valence-corrected chi connectivity index (χ2v) is 5.36. The number of hydrogen-bond donors (Lipinski definition) is 3. The third-order valence-corrected chi connectivity index (χ3v) is 3.33. The van der Waals surface area contributed by atoms with Gasteiger partial charge in [0.1, 0.15) is 5.54 Å². The highest BCUT2D eigenvalue weighted by molar-refractivity contribution is 5.89. The van der Waals surface area contributed by atoms with Crippen molar-refractivity contribution in [3.05, 3.63) is 0 Å². The molecule has 0 saturated carbocycles. The number of urea groups is 1. The number of amides is 3. The van der Waals surface area contributed by atoms with E-state index in [0.717, 1.165) is 12.8 Å². The Labute approximate surface area is 112 Å². The normalized spacial score (nSPS) is 19.9. The standard InChI is InChI=1S/C12H21N3O4/c1-12(2,10(13)18)14-11(19)15-6-4-3-5-8(15)7-9(16)17/h8H,3-7H2,1-2H3,(H2,13,18)(H,14,19)(H,16,17). The van der Waals surface area contributed by atoms with Crippen LogP contribution in [0.1, 0.15) is 39.5 Å². The fourth-order valence-electron chi connectivity index (χ4n) is 2.08. The van der Waals surface area contributed by atoms with Crippen molar-refractivity contribution in [2.45, 2.75) is 51.1 Å². The molecule has 0 aromatic rings. The lowest BCUT2D eigenvalue weighted by Gasteiger charge is -2.37. The molecule has 1 aliphatic heterocycles. The van der Waals surface area contributed by atoms with Gasteiger partial charge in [-0.1, -0.05) is 0 Å². The molecule has 1 fully saturated rings. The molecule has 1 atom stereocenters. The van der Waals surface area contributed by atoms with E-state index in [0.29, 0.717) is 13.0 Å². The van der Waals surface area contributed by atoms with Crippen LogP contribution >= 0.6 is 0 Å². The van der Waals surface area contributed by atoms with Crippen LogP contribution in [0.4, 0.5) is 4.79 Å². The van der Waals surface area contributed by atoms with Gasteiger partial charge in [-0.25, -0.2) is 4.79 Å². The molecule has 7 nitrogen and oxygen atoms in total. The Morgan fingerprint density at radius 1 is 1.37 bits per heavy atom.